The van der Waals surface area contributed by atoms with E-state index in [0.717, 1.165) is 22.9 Å². The molecular weight excluding hydrogens is 364 g/mol. The fraction of sp³-hybridized carbons (Fsp3) is 0.474. The molecule has 1 saturated heterocycles. The molecule has 1 aliphatic heterocycles. The van der Waals surface area contributed by atoms with E-state index in [1.807, 2.05) is 45.0 Å². The molecule has 0 bridgehead atoms. The van der Waals surface area contributed by atoms with Crippen molar-refractivity contribution in [2.24, 2.45) is 5.41 Å². The van der Waals surface area contributed by atoms with Crippen molar-refractivity contribution in [1.82, 2.24) is 10.2 Å². The van der Waals surface area contributed by atoms with Crippen molar-refractivity contribution in [3.8, 4) is 5.75 Å². The normalized spacial score (nSPS) is 17.3. The number of anilines is 2. The molecule has 0 spiro atoms. The number of methoxy groups -OCH3 is 1. The second-order valence-corrected chi connectivity index (χ2v) is 8.25. The maximum Gasteiger partial charge on any atom is 0.231 e. The molecule has 1 N–H and O–H groups in total. The van der Waals surface area contributed by atoms with Crippen LogP contribution in [0.25, 0.3) is 0 Å². The SMILES string of the molecule is CCC(C)(C)C(=O)Nc1nnc([C@@H]2CC(=O)N(c3ccc(OC)cc3)C2)s1. The third-order valence-corrected chi connectivity index (χ3v) is 6.02. The summed E-state index contributed by atoms with van der Waals surface area (Å²) in [7, 11) is 1.61. The molecule has 8 heteroatoms. The van der Waals surface area contributed by atoms with Gasteiger partial charge in [-0.3, -0.25) is 9.59 Å². The summed E-state index contributed by atoms with van der Waals surface area (Å²) in [4.78, 5) is 26.5. The molecule has 3 rings (SSSR count). The van der Waals surface area contributed by atoms with E-state index in [9.17, 15) is 9.59 Å². The predicted octanol–water partition coefficient (Wildman–Crippen LogP) is 3.44. The van der Waals surface area contributed by atoms with E-state index < -0.39 is 5.41 Å². The van der Waals surface area contributed by atoms with Gasteiger partial charge in [0.25, 0.3) is 0 Å². The Hall–Kier alpha value is -2.48. The van der Waals surface area contributed by atoms with Crippen LogP contribution in [-0.4, -0.2) is 35.7 Å². The van der Waals surface area contributed by atoms with Gasteiger partial charge in [0.05, 0.1) is 7.11 Å². The van der Waals surface area contributed by atoms with Crippen LogP contribution in [0.15, 0.2) is 24.3 Å². The van der Waals surface area contributed by atoms with Gasteiger partial charge in [0.2, 0.25) is 16.9 Å². The molecule has 1 aromatic heterocycles. The van der Waals surface area contributed by atoms with Gasteiger partial charge in [-0.15, -0.1) is 10.2 Å². The Kier molecular flexibility index (Phi) is 5.46. The maximum atomic E-state index is 12.4. The van der Waals surface area contributed by atoms with Gasteiger partial charge in [0, 0.05) is 30.0 Å². The van der Waals surface area contributed by atoms with E-state index in [0.29, 0.717) is 18.1 Å². The van der Waals surface area contributed by atoms with Crippen LogP contribution in [0, 0.1) is 5.41 Å². The van der Waals surface area contributed by atoms with Crippen molar-refractivity contribution >= 4 is 34.0 Å². The van der Waals surface area contributed by atoms with Gasteiger partial charge in [0.1, 0.15) is 10.8 Å². The summed E-state index contributed by atoms with van der Waals surface area (Å²) in [6.07, 6.45) is 1.12. The Balaban J connectivity index is 1.68. The topological polar surface area (TPSA) is 84.4 Å². The van der Waals surface area contributed by atoms with Gasteiger partial charge in [-0.05, 0) is 30.7 Å². The zero-order chi connectivity index (χ0) is 19.6. The van der Waals surface area contributed by atoms with Gasteiger partial charge < -0.3 is 15.0 Å². The second kappa shape index (κ2) is 7.64. The lowest BCUT2D eigenvalue weighted by Crippen LogP contribution is -2.29. The lowest BCUT2D eigenvalue weighted by atomic mass is 9.89. The average molecular weight is 388 g/mol. The van der Waals surface area contributed by atoms with Crippen LogP contribution in [-0.2, 0) is 9.59 Å². The van der Waals surface area contributed by atoms with Crippen molar-refractivity contribution in [3.05, 3.63) is 29.3 Å². The van der Waals surface area contributed by atoms with Crippen molar-refractivity contribution in [3.63, 3.8) is 0 Å². The highest BCUT2D eigenvalue weighted by atomic mass is 32.1. The van der Waals surface area contributed by atoms with Crippen molar-refractivity contribution in [1.29, 1.82) is 0 Å². The lowest BCUT2D eigenvalue weighted by molar-refractivity contribution is -0.124. The first-order chi connectivity index (χ1) is 12.8. The summed E-state index contributed by atoms with van der Waals surface area (Å²) in [5.41, 5.74) is 0.381. The first-order valence-corrected chi connectivity index (χ1v) is 9.75. The highest BCUT2D eigenvalue weighted by Gasteiger charge is 2.34. The number of ether oxygens (including phenoxy) is 1. The van der Waals surface area contributed by atoms with Crippen molar-refractivity contribution < 1.29 is 14.3 Å². The highest BCUT2D eigenvalue weighted by molar-refractivity contribution is 7.15. The van der Waals surface area contributed by atoms with Crippen LogP contribution in [0.4, 0.5) is 10.8 Å². The Morgan fingerprint density at radius 1 is 1.33 bits per heavy atom. The molecule has 1 aliphatic rings. The molecule has 7 nitrogen and oxygen atoms in total. The minimum atomic E-state index is -0.458. The number of aromatic nitrogens is 2. The van der Waals surface area contributed by atoms with Crippen LogP contribution in [0.1, 0.15) is 44.5 Å². The smallest absolute Gasteiger partial charge is 0.231 e. The lowest BCUT2D eigenvalue weighted by Gasteiger charge is -2.20. The van der Waals surface area contributed by atoms with Crippen LogP contribution >= 0.6 is 11.3 Å². The van der Waals surface area contributed by atoms with E-state index in [-0.39, 0.29) is 17.7 Å². The molecule has 1 aromatic carbocycles. The van der Waals surface area contributed by atoms with E-state index >= 15 is 0 Å². The summed E-state index contributed by atoms with van der Waals surface area (Å²) in [6, 6.07) is 7.42. The minimum Gasteiger partial charge on any atom is -0.497 e. The molecule has 2 heterocycles. The Morgan fingerprint density at radius 3 is 2.67 bits per heavy atom. The largest absolute Gasteiger partial charge is 0.497 e. The minimum absolute atomic E-state index is 0.0260. The van der Waals surface area contributed by atoms with Gasteiger partial charge in [-0.2, -0.15) is 0 Å². The van der Waals surface area contributed by atoms with Crippen LogP contribution in [0.2, 0.25) is 0 Å². The Bertz CT molecular complexity index is 832. The third-order valence-electron chi connectivity index (χ3n) is 5.02. The van der Waals surface area contributed by atoms with Crippen molar-refractivity contribution in [2.75, 3.05) is 23.9 Å². The summed E-state index contributed by atoms with van der Waals surface area (Å²) < 4.78 is 5.16. The number of amides is 2. The number of carbonyl (C=O) groups excluding carboxylic acids is 2. The summed E-state index contributed by atoms with van der Waals surface area (Å²) in [5.74, 6) is 0.705. The van der Waals surface area contributed by atoms with Crippen LogP contribution in [0.3, 0.4) is 0 Å². The number of hydrogen-bond acceptors (Lipinski definition) is 6. The van der Waals surface area contributed by atoms with Gasteiger partial charge in [-0.1, -0.05) is 32.1 Å². The average Bonchev–Trinajstić information content (AvgIpc) is 3.28. The Labute approximate surface area is 162 Å². The summed E-state index contributed by atoms with van der Waals surface area (Å²) >= 11 is 1.34. The van der Waals surface area contributed by atoms with Crippen LogP contribution in [0.5, 0.6) is 5.75 Å². The summed E-state index contributed by atoms with van der Waals surface area (Å²) in [6.45, 7) is 6.32. The first kappa shape index (κ1) is 19.3. The van der Waals surface area contributed by atoms with Crippen molar-refractivity contribution in [2.45, 2.75) is 39.5 Å². The highest BCUT2D eigenvalue weighted by Crippen LogP contribution is 2.35. The molecule has 2 amide bonds. The van der Waals surface area contributed by atoms with E-state index in [1.54, 1.807) is 12.0 Å². The summed E-state index contributed by atoms with van der Waals surface area (Å²) in [5, 5.41) is 12.4. The number of carbonyl (C=O) groups is 2. The second-order valence-electron chi connectivity index (χ2n) is 7.24. The molecule has 27 heavy (non-hydrogen) atoms. The fourth-order valence-electron chi connectivity index (χ4n) is 2.76. The number of hydrogen-bond donors (Lipinski definition) is 1. The quantitative estimate of drug-likeness (QED) is 0.819. The number of rotatable bonds is 6. The van der Waals surface area contributed by atoms with Gasteiger partial charge >= 0.3 is 0 Å². The van der Waals surface area contributed by atoms with E-state index in [4.69, 9.17) is 4.74 Å². The molecule has 1 atom stereocenters. The third kappa shape index (κ3) is 4.10. The van der Waals surface area contributed by atoms with E-state index in [2.05, 4.69) is 15.5 Å². The maximum absolute atomic E-state index is 12.4. The molecule has 144 valence electrons. The molecule has 0 aliphatic carbocycles. The zero-order valence-corrected chi connectivity index (χ0v) is 16.8. The predicted molar refractivity (Wildman–Crippen MR) is 105 cm³/mol. The first-order valence-electron chi connectivity index (χ1n) is 8.93. The van der Waals surface area contributed by atoms with Gasteiger partial charge in [0.15, 0.2) is 0 Å². The molecule has 2 aromatic rings. The fourth-order valence-corrected chi connectivity index (χ4v) is 3.59. The number of benzene rings is 1. The molecule has 1 fully saturated rings. The Morgan fingerprint density at radius 2 is 2.04 bits per heavy atom. The zero-order valence-electron chi connectivity index (χ0n) is 16.0. The molecular formula is C19H24N4O3S. The van der Waals surface area contributed by atoms with E-state index in [1.165, 1.54) is 11.3 Å². The molecule has 0 unspecified atom stereocenters. The van der Waals surface area contributed by atoms with Gasteiger partial charge in [-0.25, -0.2) is 0 Å². The van der Waals surface area contributed by atoms with Crippen LogP contribution < -0.4 is 15.0 Å². The molecule has 0 radical (unpaired) electrons. The molecule has 0 saturated carbocycles. The number of nitrogens with one attached hydrogen (secondary N) is 1. The standard InChI is InChI=1S/C19H24N4O3S/c1-5-19(2,3)17(25)20-18-22-21-16(27-18)12-10-15(24)23(11-12)13-6-8-14(26-4)9-7-13/h6-9,12H,5,10-11H2,1-4H3,(H,20,22,25)/t12-/m1/s1. The monoisotopic (exact) mass is 388 g/mol. The number of nitrogens with zero attached hydrogens (tertiary/aromatic N) is 3.